The van der Waals surface area contributed by atoms with Crippen molar-refractivity contribution in [2.45, 2.75) is 0 Å². The first-order chi connectivity index (χ1) is 13.2. The van der Waals surface area contributed by atoms with E-state index < -0.39 is 23.9 Å². The van der Waals surface area contributed by atoms with Crippen LogP contribution < -0.4 is 29.6 Å². The van der Waals surface area contributed by atoms with Gasteiger partial charge in [-0.2, -0.15) is 0 Å². The minimum Gasteiger partial charge on any atom is -0.480 e. The normalized spacial score (nSPS) is 17.0. The largest absolute Gasteiger partial charge is 3.00 e. The molecule has 1 radical (unpaired) electrons. The second-order valence-corrected chi connectivity index (χ2v) is 6.68. The van der Waals surface area contributed by atoms with Crippen LogP contribution in [-0.4, -0.2) is 153 Å². The zero-order valence-corrected chi connectivity index (χ0v) is 22.3. The third-order valence-corrected chi connectivity index (χ3v) is 4.37. The summed E-state index contributed by atoms with van der Waals surface area (Å²) in [5.41, 5.74) is 0. The molecule has 1 fully saturated rings. The maximum Gasteiger partial charge on any atom is 3.00 e. The summed E-state index contributed by atoms with van der Waals surface area (Å²) < 4.78 is 0. The van der Waals surface area contributed by atoms with E-state index in [0.717, 1.165) is 0 Å². The molecule has 0 atom stereocenters. The SMILES string of the molecule is O.O.O=C(O)CN1CCN(CC(=O)O)CCN(CC(=O)O)CCN(CC(=O)O)CC1.[Gd+3].[Na+]. The van der Waals surface area contributed by atoms with Crippen molar-refractivity contribution in [3.8, 4) is 0 Å². The molecule has 0 saturated carbocycles. The number of carboxylic acids is 4. The molecular weight excluding hydrogens is 588 g/mol. The maximum absolute atomic E-state index is 11.1. The van der Waals surface area contributed by atoms with Crippen LogP contribution >= 0.6 is 0 Å². The fourth-order valence-corrected chi connectivity index (χ4v) is 2.98. The molecular formula is C16H32GdN4NaO10+4. The van der Waals surface area contributed by atoms with Gasteiger partial charge in [-0.3, -0.25) is 38.8 Å². The predicted molar refractivity (Wildman–Crippen MR) is 104 cm³/mol. The molecule has 0 aromatic rings. The Balaban J connectivity index is -0.000000980. The van der Waals surface area contributed by atoms with E-state index in [1.807, 2.05) is 0 Å². The zero-order valence-electron chi connectivity index (χ0n) is 18.0. The smallest absolute Gasteiger partial charge is 0.480 e. The molecule has 0 unspecified atom stereocenters. The van der Waals surface area contributed by atoms with Gasteiger partial charge in [0.2, 0.25) is 0 Å². The molecule has 181 valence electrons. The fraction of sp³-hybridized carbons (Fsp3) is 0.750. The number of nitrogens with zero attached hydrogens (tertiary/aromatic N) is 4. The summed E-state index contributed by atoms with van der Waals surface area (Å²) in [7, 11) is 0. The van der Waals surface area contributed by atoms with Gasteiger partial charge in [-0.25, -0.2) is 0 Å². The molecule has 8 N–H and O–H groups in total. The average Bonchev–Trinajstić information content (AvgIpc) is 2.55. The summed E-state index contributed by atoms with van der Waals surface area (Å²) in [5, 5.41) is 36.3. The van der Waals surface area contributed by atoms with E-state index in [-0.39, 0.29) is 107 Å². The van der Waals surface area contributed by atoms with Gasteiger partial charge in [-0.1, -0.05) is 0 Å². The van der Waals surface area contributed by atoms with Crippen LogP contribution in [0.2, 0.25) is 0 Å². The van der Waals surface area contributed by atoms with Gasteiger partial charge in [-0.05, 0) is 0 Å². The van der Waals surface area contributed by atoms with E-state index in [2.05, 4.69) is 0 Å². The fourth-order valence-electron chi connectivity index (χ4n) is 2.98. The number of hydrogen-bond donors (Lipinski definition) is 4. The second-order valence-electron chi connectivity index (χ2n) is 6.68. The van der Waals surface area contributed by atoms with Gasteiger partial charge in [0.05, 0.1) is 26.2 Å². The Kier molecular flexibility index (Phi) is 26.3. The molecule has 0 amide bonds. The Morgan fingerprint density at radius 3 is 0.688 bits per heavy atom. The van der Waals surface area contributed by atoms with E-state index in [9.17, 15) is 19.2 Å². The van der Waals surface area contributed by atoms with E-state index >= 15 is 0 Å². The number of hydrogen-bond acceptors (Lipinski definition) is 8. The van der Waals surface area contributed by atoms with Crippen LogP contribution in [0, 0.1) is 39.9 Å². The standard InChI is InChI=1S/C16H28N4O8.Gd.Na.2H2O/c21-13(22)9-17-1-2-18(10-14(23)24)5-6-20(12-16(27)28)8-7-19(4-3-17)11-15(25)26;;;;/h1-12H2,(H,21,22)(H,23,24)(H,25,26)(H,27,28);;;2*1H2/q;+3;+1;;. The van der Waals surface area contributed by atoms with Gasteiger partial charge >= 0.3 is 93.4 Å². The Labute approximate surface area is 240 Å². The quantitative estimate of drug-likeness (QED) is 0.186. The minimum absolute atomic E-state index is 0. The summed E-state index contributed by atoms with van der Waals surface area (Å²) >= 11 is 0. The van der Waals surface area contributed by atoms with Crippen molar-refractivity contribution < 1.29 is 120 Å². The van der Waals surface area contributed by atoms with Gasteiger partial charge in [0.25, 0.3) is 0 Å². The molecule has 32 heavy (non-hydrogen) atoms. The Bertz CT molecular complexity index is 463. The van der Waals surface area contributed by atoms with Crippen LogP contribution in [-0.2, 0) is 19.2 Å². The van der Waals surface area contributed by atoms with Crippen molar-refractivity contribution in [2.75, 3.05) is 78.5 Å². The minimum atomic E-state index is -1.02. The van der Waals surface area contributed by atoms with E-state index in [1.165, 1.54) is 0 Å². The third kappa shape index (κ3) is 19.4. The van der Waals surface area contributed by atoms with Gasteiger partial charge in [0.15, 0.2) is 0 Å². The molecule has 16 heteroatoms. The van der Waals surface area contributed by atoms with Crippen LogP contribution in [0.3, 0.4) is 0 Å². The molecule has 1 heterocycles. The summed E-state index contributed by atoms with van der Waals surface area (Å²) in [4.78, 5) is 50.9. The first kappa shape index (κ1) is 39.2. The van der Waals surface area contributed by atoms with E-state index in [0.29, 0.717) is 52.4 Å². The maximum atomic E-state index is 11.1. The number of rotatable bonds is 8. The Hall–Kier alpha value is -0.0353. The van der Waals surface area contributed by atoms with Crippen LogP contribution in [0.15, 0.2) is 0 Å². The van der Waals surface area contributed by atoms with Crippen molar-refractivity contribution in [3.63, 3.8) is 0 Å². The third-order valence-electron chi connectivity index (χ3n) is 4.37. The molecule has 14 nitrogen and oxygen atoms in total. The molecule has 0 bridgehead atoms. The first-order valence-corrected chi connectivity index (χ1v) is 8.92. The summed E-state index contributed by atoms with van der Waals surface area (Å²) in [6, 6.07) is 0. The van der Waals surface area contributed by atoms with Gasteiger partial charge in [0, 0.05) is 52.4 Å². The summed E-state index contributed by atoms with van der Waals surface area (Å²) in [6.07, 6.45) is 0. The zero-order chi connectivity index (χ0) is 21.1. The molecule has 1 rings (SSSR count). The van der Waals surface area contributed by atoms with Crippen molar-refractivity contribution >= 4 is 23.9 Å². The molecule has 0 spiro atoms. The van der Waals surface area contributed by atoms with E-state index in [4.69, 9.17) is 20.4 Å². The number of carbonyl (C=O) groups is 4. The molecule has 0 aromatic heterocycles. The van der Waals surface area contributed by atoms with Crippen LogP contribution in [0.5, 0.6) is 0 Å². The average molecular weight is 621 g/mol. The predicted octanol–water partition coefficient (Wildman–Crippen LogP) is -7.10. The van der Waals surface area contributed by atoms with Crippen molar-refractivity contribution in [1.29, 1.82) is 0 Å². The van der Waals surface area contributed by atoms with Crippen LogP contribution in [0.25, 0.3) is 0 Å². The molecule has 1 aliphatic rings. The Morgan fingerprint density at radius 1 is 0.469 bits per heavy atom. The van der Waals surface area contributed by atoms with Gasteiger partial charge < -0.3 is 31.4 Å². The van der Waals surface area contributed by atoms with Crippen LogP contribution in [0.1, 0.15) is 0 Å². The van der Waals surface area contributed by atoms with Crippen molar-refractivity contribution in [2.24, 2.45) is 0 Å². The second kappa shape index (κ2) is 21.5. The van der Waals surface area contributed by atoms with E-state index in [1.54, 1.807) is 19.6 Å². The number of aliphatic carboxylic acids is 4. The van der Waals surface area contributed by atoms with Gasteiger partial charge in [-0.15, -0.1) is 0 Å². The molecule has 0 aliphatic carbocycles. The Morgan fingerprint density at radius 2 is 0.594 bits per heavy atom. The van der Waals surface area contributed by atoms with Crippen LogP contribution in [0.4, 0.5) is 0 Å². The monoisotopic (exact) mass is 621 g/mol. The first-order valence-electron chi connectivity index (χ1n) is 8.92. The molecule has 1 saturated heterocycles. The van der Waals surface area contributed by atoms with Gasteiger partial charge in [0.1, 0.15) is 0 Å². The van der Waals surface area contributed by atoms with Crippen molar-refractivity contribution in [3.05, 3.63) is 0 Å². The number of carboxylic acid groups (broad SMARTS) is 4. The molecule has 0 aromatic carbocycles. The summed E-state index contributed by atoms with van der Waals surface area (Å²) in [5.74, 6) is -4.08. The topological polar surface area (TPSA) is 225 Å². The summed E-state index contributed by atoms with van der Waals surface area (Å²) in [6.45, 7) is 1.52. The molecule has 1 aliphatic heterocycles. The van der Waals surface area contributed by atoms with Crippen molar-refractivity contribution in [1.82, 2.24) is 19.6 Å².